The van der Waals surface area contributed by atoms with E-state index >= 15 is 0 Å². The number of alkyl halides is 3. The molecular formula is C23H27F3N4O. The lowest BCUT2D eigenvalue weighted by atomic mass is 9.89. The molecule has 2 aliphatic heterocycles. The van der Waals surface area contributed by atoms with Crippen LogP contribution in [0, 0.1) is 5.92 Å². The molecule has 0 spiro atoms. The van der Waals surface area contributed by atoms with Gasteiger partial charge in [0, 0.05) is 42.9 Å². The number of likely N-dealkylation sites (tertiary alicyclic amines) is 2. The van der Waals surface area contributed by atoms with Crippen molar-refractivity contribution in [2.75, 3.05) is 33.2 Å². The summed E-state index contributed by atoms with van der Waals surface area (Å²) in [6, 6.07) is 5.21. The molecule has 0 saturated carbocycles. The van der Waals surface area contributed by atoms with Crippen LogP contribution in [0.25, 0.3) is 11.3 Å². The first-order chi connectivity index (χ1) is 14.8. The first-order valence-electron chi connectivity index (χ1n) is 10.8. The molecule has 2 aromatic rings. The average Bonchev–Trinajstić information content (AvgIpc) is 2.79. The lowest BCUT2D eigenvalue weighted by Gasteiger charge is -2.37. The largest absolute Gasteiger partial charge is 0.416 e. The van der Waals surface area contributed by atoms with Gasteiger partial charge in [0.2, 0.25) is 5.91 Å². The smallest absolute Gasteiger partial charge is 0.342 e. The number of amides is 1. The number of carbonyl (C=O) groups excluding carboxylic acids is 1. The van der Waals surface area contributed by atoms with Gasteiger partial charge in [0.25, 0.3) is 0 Å². The third-order valence-corrected chi connectivity index (χ3v) is 6.38. The highest BCUT2D eigenvalue weighted by atomic mass is 19.4. The van der Waals surface area contributed by atoms with Gasteiger partial charge < -0.3 is 9.80 Å². The molecule has 5 nitrogen and oxygen atoms in total. The summed E-state index contributed by atoms with van der Waals surface area (Å²) >= 11 is 0. The number of piperidine rings is 2. The number of hydrogen-bond acceptors (Lipinski definition) is 4. The molecule has 0 aliphatic carbocycles. The Kier molecular flexibility index (Phi) is 6.27. The van der Waals surface area contributed by atoms with Gasteiger partial charge in [-0.3, -0.25) is 14.8 Å². The zero-order chi connectivity index (χ0) is 22.0. The molecule has 166 valence electrons. The summed E-state index contributed by atoms with van der Waals surface area (Å²) in [5.74, 6) is 0.212. The molecule has 8 heteroatoms. The lowest BCUT2D eigenvalue weighted by molar-refractivity contribution is -0.138. The summed E-state index contributed by atoms with van der Waals surface area (Å²) in [6.45, 7) is 3.12. The summed E-state index contributed by atoms with van der Waals surface area (Å²) in [6.07, 6.45) is 2.09. The van der Waals surface area contributed by atoms with Crippen LogP contribution in [-0.2, 0) is 11.0 Å². The summed E-state index contributed by atoms with van der Waals surface area (Å²) in [4.78, 5) is 26.1. The molecule has 0 N–H and O–H groups in total. The standard InChI is InChI=1S/C23H27F3N4O/c1-29-12-7-16(8-13-29)22(31)30-11-3-5-18(15-30)21-20(27-9-10-28-21)17-4-2-6-19(14-17)23(24,25)26/h2,4,6,9-10,14,16,18H,3,5,7-8,11-13,15H2,1H3/t18-/m0/s1. The third kappa shape index (κ3) is 4.89. The minimum atomic E-state index is -4.42. The number of hydrogen-bond donors (Lipinski definition) is 0. The highest BCUT2D eigenvalue weighted by molar-refractivity contribution is 5.79. The van der Waals surface area contributed by atoms with E-state index in [0.29, 0.717) is 23.5 Å². The first kappa shape index (κ1) is 21.7. The van der Waals surface area contributed by atoms with Gasteiger partial charge in [0.15, 0.2) is 0 Å². The van der Waals surface area contributed by atoms with Gasteiger partial charge in [-0.25, -0.2) is 0 Å². The molecule has 31 heavy (non-hydrogen) atoms. The Balaban J connectivity index is 1.56. The molecule has 2 fully saturated rings. The highest BCUT2D eigenvalue weighted by Gasteiger charge is 2.34. The van der Waals surface area contributed by atoms with Gasteiger partial charge in [-0.15, -0.1) is 0 Å². The maximum atomic E-state index is 13.2. The van der Waals surface area contributed by atoms with E-state index in [4.69, 9.17) is 0 Å². The molecule has 2 aliphatic rings. The van der Waals surface area contributed by atoms with Crippen LogP contribution in [0.15, 0.2) is 36.7 Å². The molecule has 2 saturated heterocycles. The number of nitrogens with zero attached hydrogens (tertiary/aromatic N) is 4. The molecular weight excluding hydrogens is 405 g/mol. The summed E-state index contributed by atoms with van der Waals surface area (Å²) in [5, 5.41) is 0. The second-order valence-electron chi connectivity index (χ2n) is 8.57. The van der Waals surface area contributed by atoms with Crippen molar-refractivity contribution < 1.29 is 18.0 Å². The molecule has 0 unspecified atom stereocenters. The third-order valence-electron chi connectivity index (χ3n) is 6.38. The van der Waals surface area contributed by atoms with Crippen LogP contribution >= 0.6 is 0 Å². The van der Waals surface area contributed by atoms with Gasteiger partial charge in [-0.2, -0.15) is 13.2 Å². The quantitative estimate of drug-likeness (QED) is 0.729. The normalized spacial score (nSPS) is 21.3. The van der Waals surface area contributed by atoms with Crippen LogP contribution in [0.2, 0.25) is 0 Å². The number of aromatic nitrogens is 2. The molecule has 1 atom stereocenters. The van der Waals surface area contributed by atoms with Gasteiger partial charge in [0.05, 0.1) is 17.0 Å². The minimum Gasteiger partial charge on any atom is -0.342 e. The van der Waals surface area contributed by atoms with Gasteiger partial charge in [-0.05, 0) is 58.0 Å². The molecule has 3 heterocycles. The van der Waals surface area contributed by atoms with Crippen LogP contribution < -0.4 is 0 Å². The molecule has 1 aromatic heterocycles. The van der Waals surface area contributed by atoms with Gasteiger partial charge in [-0.1, -0.05) is 12.1 Å². The Hall–Kier alpha value is -2.48. The predicted molar refractivity (Wildman–Crippen MR) is 111 cm³/mol. The van der Waals surface area contributed by atoms with E-state index in [9.17, 15) is 18.0 Å². The van der Waals surface area contributed by atoms with E-state index in [1.54, 1.807) is 12.3 Å². The van der Waals surface area contributed by atoms with Crippen molar-refractivity contribution in [3.63, 3.8) is 0 Å². The van der Waals surface area contributed by atoms with E-state index in [-0.39, 0.29) is 17.7 Å². The molecule has 0 radical (unpaired) electrons. The van der Waals surface area contributed by atoms with Crippen LogP contribution in [0.1, 0.15) is 42.9 Å². The van der Waals surface area contributed by atoms with E-state index in [0.717, 1.165) is 57.5 Å². The van der Waals surface area contributed by atoms with Crippen molar-refractivity contribution in [2.24, 2.45) is 5.92 Å². The molecule has 1 aromatic carbocycles. The maximum Gasteiger partial charge on any atom is 0.416 e. The number of benzene rings is 1. The summed E-state index contributed by atoms with van der Waals surface area (Å²) in [7, 11) is 2.07. The Labute approximate surface area is 180 Å². The van der Waals surface area contributed by atoms with Crippen LogP contribution in [0.5, 0.6) is 0 Å². The van der Waals surface area contributed by atoms with Crippen molar-refractivity contribution in [3.8, 4) is 11.3 Å². The predicted octanol–water partition coefficient (Wildman–Crippen LogP) is 4.21. The van der Waals surface area contributed by atoms with Crippen molar-refractivity contribution >= 4 is 5.91 Å². The van der Waals surface area contributed by atoms with Crippen molar-refractivity contribution in [1.29, 1.82) is 0 Å². The second-order valence-corrected chi connectivity index (χ2v) is 8.57. The van der Waals surface area contributed by atoms with E-state index < -0.39 is 11.7 Å². The summed E-state index contributed by atoms with van der Waals surface area (Å²) in [5.41, 5.74) is 0.830. The topological polar surface area (TPSA) is 49.3 Å². The lowest BCUT2D eigenvalue weighted by Crippen LogP contribution is -2.45. The monoisotopic (exact) mass is 432 g/mol. The van der Waals surface area contributed by atoms with E-state index in [1.807, 2.05) is 4.90 Å². The fraction of sp³-hybridized carbons (Fsp3) is 0.522. The van der Waals surface area contributed by atoms with E-state index in [2.05, 4.69) is 21.9 Å². The maximum absolute atomic E-state index is 13.2. The zero-order valence-corrected chi connectivity index (χ0v) is 17.6. The first-order valence-corrected chi connectivity index (χ1v) is 10.8. The minimum absolute atomic E-state index is 0.0396. The Morgan fingerprint density at radius 2 is 1.81 bits per heavy atom. The van der Waals surface area contributed by atoms with Gasteiger partial charge in [0.1, 0.15) is 0 Å². The average molecular weight is 432 g/mol. The number of carbonyl (C=O) groups is 1. The zero-order valence-electron chi connectivity index (χ0n) is 17.6. The second kappa shape index (κ2) is 8.94. The molecule has 0 bridgehead atoms. The van der Waals surface area contributed by atoms with Crippen LogP contribution in [0.3, 0.4) is 0 Å². The van der Waals surface area contributed by atoms with E-state index in [1.165, 1.54) is 12.3 Å². The fourth-order valence-electron chi connectivity index (χ4n) is 4.63. The van der Waals surface area contributed by atoms with Crippen molar-refractivity contribution in [3.05, 3.63) is 47.9 Å². The number of halogens is 3. The Bertz CT molecular complexity index is 925. The van der Waals surface area contributed by atoms with Crippen LogP contribution in [0.4, 0.5) is 13.2 Å². The molecule has 4 rings (SSSR count). The Morgan fingerprint density at radius 3 is 2.55 bits per heavy atom. The summed E-state index contributed by atoms with van der Waals surface area (Å²) < 4.78 is 39.6. The fourth-order valence-corrected chi connectivity index (χ4v) is 4.63. The van der Waals surface area contributed by atoms with Crippen molar-refractivity contribution in [2.45, 2.75) is 37.8 Å². The Morgan fingerprint density at radius 1 is 1.06 bits per heavy atom. The SMILES string of the molecule is CN1CCC(C(=O)N2CCC[C@H](c3nccnc3-c3cccc(C(F)(F)F)c3)C2)CC1. The van der Waals surface area contributed by atoms with Crippen LogP contribution in [-0.4, -0.2) is 58.9 Å². The van der Waals surface area contributed by atoms with Gasteiger partial charge >= 0.3 is 6.18 Å². The molecule has 1 amide bonds. The number of rotatable bonds is 3. The van der Waals surface area contributed by atoms with Crippen molar-refractivity contribution in [1.82, 2.24) is 19.8 Å². The highest BCUT2D eigenvalue weighted by Crippen LogP contribution is 2.36.